The number of nitrogens with one attached hydrogen (secondary N) is 1. The second-order valence-electron chi connectivity index (χ2n) is 5.28. The number of carbonyl (C=O) groups excluding carboxylic acids is 2. The van der Waals surface area contributed by atoms with Crippen LogP contribution < -0.4 is 11.1 Å². The molecule has 1 unspecified atom stereocenters. The standard InChI is InChI=1S/C14H20N4O2/c1-9-4-3-7-16-12(9)13(10-5-6-10)17-11(19)8-18(2)14(15)20/h3-4,7,10,13H,5-6,8H2,1-2H3,(H2,15,20)(H,17,19). The van der Waals surface area contributed by atoms with Gasteiger partial charge < -0.3 is 16.0 Å². The molecule has 3 amide bonds. The number of aryl methyl sites for hydroxylation is 1. The van der Waals surface area contributed by atoms with Gasteiger partial charge in [-0.2, -0.15) is 0 Å². The number of pyridine rings is 1. The molecule has 0 saturated heterocycles. The van der Waals surface area contributed by atoms with Gasteiger partial charge in [0.05, 0.1) is 11.7 Å². The van der Waals surface area contributed by atoms with Crippen molar-refractivity contribution in [3.63, 3.8) is 0 Å². The van der Waals surface area contributed by atoms with Crippen LogP contribution in [0.3, 0.4) is 0 Å². The van der Waals surface area contributed by atoms with E-state index in [1.165, 1.54) is 11.9 Å². The average Bonchev–Trinajstić information content (AvgIpc) is 3.21. The number of rotatable bonds is 5. The number of primary amides is 1. The molecule has 1 aromatic heterocycles. The van der Waals surface area contributed by atoms with Gasteiger partial charge in [0.25, 0.3) is 0 Å². The highest BCUT2D eigenvalue weighted by Gasteiger charge is 2.35. The van der Waals surface area contributed by atoms with Gasteiger partial charge in [0.1, 0.15) is 6.54 Å². The van der Waals surface area contributed by atoms with Gasteiger partial charge in [0.15, 0.2) is 0 Å². The fraction of sp³-hybridized carbons (Fsp3) is 0.500. The van der Waals surface area contributed by atoms with Crippen LogP contribution in [0.5, 0.6) is 0 Å². The van der Waals surface area contributed by atoms with Crippen LogP contribution in [0.15, 0.2) is 18.3 Å². The predicted octanol–water partition coefficient (Wildman–Crippen LogP) is 0.968. The van der Waals surface area contributed by atoms with E-state index in [1.54, 1.807) is 6.20 Å². The molecule has 1 aliphatic carbocycles. The summed E-state index contributed by atoms with van der Waals surface area (Å²) in [5, 5.41) is 2.97. The second kappa shape index (κ2) is 5.90. The second-order valence-corrected chi connectivity index (χ2v) is 5.28. The van der Waals surface area contributed by atoms with Crippen molar-refractivity contribution in [2.45, 2.75) is 25.8 Å². The zero-order chi connectivity index (χ0) is 14.7. The van der Waals surface area contributed by atoms with Crippen LogP contribution in [0, 0.1) is 12.8 Å². The Morgan fingerprint density at radius 3 is 2.80 bits per heavy atom. The van der Waals surface area contributed by atoms with E-state index in [0.29, 0.717) is 5.92 Å². The highest BCUT2D eigenvalue weighted by Crippen LogP contribution is 2.41. The normalized spacial score (nSPS) is 15.5. The molecule has 0 aromatic carbocycles. The lowest BCUT2D eigenvalue weighted by Crippen LogP contribution is -2.42. The van der Waals surface area contributed by atoms with Crippen LogP contribution in [-0.4, -0.2) is 35.4 Å². The predicted molar refractivity (Wildman–Crippen MR) is 74.8 cm³/mol. The summed E-state index contributed by atoms with van der Waals surface area (Å²) in [5.74, 6) is 0.222. The van der Waals surface area contributed by atoms with Crippen molar-refractivity contribution in [2.24, 2.45) is 11.7 Å². The Labute approximate surface area is 118 Å². The number of urea groups is 1. The summed E-state index contributed by atoms with van der Waals surface area (Å²) < 4.78 is 0. The molecule has 0 radical (unpaired) electrons. The Morgan fingerprint density at radius 1 is 1.55 bits per heavy atom. The molecule has 6 heteroatoms. The third kappa shape index (κ3) is 3.46. The third-order valence-corrected chi connectivity index (χ3v) is 3.51. The number of hydrogen-bond acceptors (Lipinski definition) is 3. The van der Waals surface area contributed by atoms with E-state index >= 15 is 0 Å². The smallest absolute Gasteiger partial charge is 0.314 e. The van der Waals surface area contributed by atoms with E-state index < -0.39 is 6.03 Å². The first-order chi connectivity index (χ1) is 9.49. The molecule has 1 aliphatic rings. The molecule has 1 fully saturated rings. The average molecular weight is 276 g/mol. The number of hydrogen-bond donors (Lipinski definition) is 2. The number of nitrogens with zero attached hydrogens (tertiary/aromatic N) is 2. The van der Waals surface area contributed by atoms with E-state index in [4.69, 9.17) is 5.73 Å². The molecule has 1 saturated carbocycles. The highest BCUT2D eigenvalue weighted by atomic mass is 16.2. The van der Waals surface area contributed by atoms with Gasteiger partial charge in [-0.15, -0.1) is 0 Å². The van der Waals surface area contributed by atoms with Crippen LogP contribution in [0.25, 0.3) is 0 Å². The van der Waals surface area contributed by atoms with Crippen molar-refractivity contribution in [1.29, 1.82) is 0 Å². The summed E-state index contributed by atoms with van der Waals surface area (Å²) in [6.07, 6.45) is 3.92. The summed E-state index contributed by atoms with van der Waals surface area (Å²) in [6.45, 7) is 1.95. The van der Waals surface area contributed by atoms with Crippen LogP contribution in [0.1, 0.15) is 30.1 Å². The van der Waals surface area contributed by atoms with Crippen LogP contribution in [0.4, 0.5) is 4.79 Å². The molecule has 2 rings (SSSR count). The van der Waals surface area contributed by atoms with Crippen LogP contribution >= 0.6 is 0 Å². The minimum absolute atomic E-state index is 0.0373. The van der Waals surface area contributed by atoms with E-state index in [2.05, 4.69) is 10.3 Å². The van der Waals surface area contributed by atoms with Crippen molar-refractivity contribution in [2.75, 3.05) is 13.6 Å². The lowest BCUT2D eigenvalue weighted by Gasteiger charge is -2.21. The van der Waals surface area contributed by atoms with Crippen LogP contribution in [-0.2, 0) is 4.79 Å². The minimum atomic E-state index is -0.614. The Kier molecular flexibility index (Phi) is 4.22. The van der Waals surface area contributed by atoms with E-state index in [0.717, 1.165) is 24.1 Å². The summed E-state index contributed by atoms with van der Waals surface area (Å²) in [4.78, 5) is 28.5. The van der Waals surface area contributed by atoms with Crippen molar-refractivity contribution < 1.29 is 9.59 Å². The molecule has 6 nitrogen and oxygen atoms in total. The van der Waals surface area contributed by atoms with E-state index in [1.807, 2.05) is 19.1 Å². The fourth-order valence-corrected chi connectivity index (χ4v) is 2.17. The summed E-state index contributed by atoms with van der Waals surface area (Å²) in [7, 11) is 1.50. The van der Waals surface area contributed by atoms with E-state index in [-0.39, 0.29) is 18.5 Å². The molecule has 1 aromatic rings. The molecule has 0 aliphatic heterocycles. The Bertz CT molecular complexity index is 514. The molecular weight excluding hydrogens is 256 g/mol. The van der Waals surface area contributed by atoms with Crippen molar-refractivity contribution in [3.8, 4) is 0 Å². The Morgan fingerprint density at radius 2 is 2.25 bits per heavy atom. The van der Waals surface area contributed by atoms with Gasteiger partial charge in [-0.25, -0.2) is 4.79 Å². The molecule has 108 valence electrons. The SMILES string of the molecule is Cc1cccnc1C(NC(=O)CN(C)C(N)=O)C1CC1. The van der Waals surface area contributed by atoms with Crippen molar-refractivity contribution >= 4 is 11.9 Å². The third-order valence-electron chi connectivity index (χ3n) is 3.51. The molecule has 20 heavy (non-hydrogen) atoms. The molecule has 1 heterocycles. The number of amides is 3. The molecule has 3 N–H and O–H groups in total. The first-order valence-corrected chi connectivity index (χ1v) is 6.70. The highest BCUT2D eigenvalue weighted by molar-refractivity contribution is 5.83. The van der Waals surface area contributed by atoms with E-state index in [9.17, 15) is 9.59 Å². The Hall–Kier alpha value is -2.11. The largest absolute Gasteiger partial charge is 0.351 e. The number of likely N-dealkylation sites (N-methyl/N-ethyl adjacent to an activating group) is 1. The summed E-state index contributed by atoms with van der Waals surface area (Å²) in [6, 6.07) is 3.17. The molecule has 1 atom stereocenters. The quantitative estimate of drug-likeness (QED) is 0.839. The number of nitrogens with two attached hydrogens (primary N) is 1. The van der Waals surface area contributed by atoms with Gasteiger partial charge in [-0.1, -0.05) is 6.07 Å². The molecular formula is C14H20N4O2. The summed E-state index contributed by atoms with van der Waals surface area (Å²) >= 11 is 0. The van der Waals surface area contributed by atoms with Gasteiger partial charge in [-0.05, 0) is 37.3 Å². The van der Waals surface area contributed by atoms with Gasteiger partial charge in [-0.3, -0.25) is 9.78 Å². The fourth-order valence-electron chi connectivity index (χ4n) is 2.17. The summed E-state index contributed by atoms with van der Waals surface area (Å²) in [5.41, 5.74) is 7.09. The minimum Gasteiger partial charge on any atom is -0.351 e. The zero-order valence-electron chi connectivity index (χ0n) is 11.8. The zero-order valence-corrected chi connectivity index (χ0v) is 11.8. The van der Waals surface area contributed by atoms with Gasteiger partial charge in [0, 0.05) is 13.2 Å². The maximum Gasteiger partial charge on any atom is 0.314 e. The lowest BCUT2D eigenvalue weighted by atomic mass is 10.0. The van der Waals surface area contributed by atoms with Gasteiger partial charge in [0.2, 0.25) is 5.91 Å². The lowest BCUT2D eigenvalue weighted by molar-refractivity contribution is -0.122. The monoisotopic (exact) mass is 276 g/mol. The topological polar surface area (TPSA) is 88.3 Å². The molecule has 0 bridgehead atoms. The van der Waals surface area contributed by atoms with Crippen molar-refractivity contribution in [1.82, 2.24) is 15.2 Å². The van der Waals surface area contributed by atoms with Gasteiger partial charge >= 0.3 is 6.03 Å². The van der Waals surface area contributed by atoms with Crippen molar-refractivity contribution in [3.05, 3.63) is 29.6 Å². The molecule has 0 spiro atoms. The first-order valence-electron chi connectivity index (χ1n) is 6.70. The number of aromatic nitrogens is 1. The van der Waals surface area contributed by atoms with Crippen LogP contribution in [0.2, 0.25) is 0 Å². The Balaban J connectivity index is 2.05. The first kappa shape index (κ1) is 14.3. The maximum absolute atomic E-state index is 12.0. The number of carbonyl (C=O) groups is 2. The maximum atomic E-state index is 12.0.